The van der Waals surface area contributed by atoms with Crippen LogP contribution in [0, 0.1) is 5.41 Å². The first-order chi connectivity index (χ1) is 11.8. The molecule has 1 aromatic rings. The van der Waals surface area contributed by atoms with Gasteiger partial charge in [-0.25, -0.2) is 0 Å². The second kappa shape index (κ2) is 8.19. The van der Waals surface area contributed by atoms with Gasteiger partial charge in [0.2, 0.25) is 0 Å². The zero-order valence-electron chi connectivity index (χ0n) is 14.3. The van der Waals surface area contributed by atoms with Gasteiger partial charge >= 0.3 is 12.1 Å². The van der Waals surface area contributed by atoms with Crippen molar-refractivity contribution in [3.63, 3.8) is 0 Å². The Hall–Kier alpha value is -1.60. The molecule has 1 fully saturated rings. The minimum absolute atomic E-state index is 0.323. The van der Waals surface area contributed by atoms with E-state index in [1.807, 2.05) is 4.90 Å². The summed E-state index contributed by atoms with van der Waals surface area (Å²) in [5.74, 6) is -0.836. The summed E-state index contributed by atoms with van der Waals surface area (Å²) in [6, 6.07) is 5.23. The average Bonchev–Trinajstić information content (AvgIpc) is 2.55. The van der Waals surface area contributed by atoms with E-state index in [1.54, 1.807) is 13.2 Å². The van der Waals surface area contributed by atoms with Crippen LogP contribution in [0.5, 0.6) is 0 Å². The van der Waals surface area contributed by atoms with E-state index < -0.39 is 23.1 Å². The molecule has 25 heavy (non-hydrogen) atoms. The van der Waals surface area contributed by atoms with Crippen molar-refractivity contribution in [2.45, 2.75) is 38.4 Å². The minimum atomic E-state index is -4.37. The van der Waals surface area contributed by atoms with Crippen molar-refractivity contribution >= 4 is 5.97 Å². The second-order valence-corrected chi connectivity index (χ2v) is 6.69. The Morgan fingerprint density at radius 3 is 2.80 bits per heavy atom. The summed E-state index contributed by atoms with van der Waals surface area (Å²) < 4.78 is 43.5. The average molecular weight is 359 g/mol. The predicted molar refractivity (Wildman–Crippen MR) is 87.1 cm³/mol. The van der Waals surface area contributed by atoms with Gasteiger partial charge in [0.05, 0.1) is 11.0 Å². The number of carboxylic acid groups (broad SMARTS) is 1. The number of hydrogen-bond donors (Lipinski definition) is 1. The van der Waals surface area contributed by atoms with Crippen LogP contribution in [0.4, 0.5) is 13.2 Å². The number of likely N-dealkylation sites (tertiary alicyclic amines) is 1. The lowest BCUT2D eigenvalue weighted by atomic mass is 9.76. The van der Waals surface area contributed by atoms with Gasteiger partial charge in [-0.15, -0.1) is 0 Å². The molecule has 1 N–H and O–H groups in total. The standard InChI is InChI=1S/C18H24F3NO3/c1-25-10-4-8-17(16(23)24)7-3-9-22(13-17)12-14-5-2-6-15(11-14)18(19,20)21/h2,5-6,11H,3-4,7-10,12-13H2,1H3,(H,23,24)/t17-/m0/s1. The highest BCUT2D eigenvalue weighted by molar-refractivity contribution is 5.75. The molecule has 0 bridgehead atoms. The molecule has 7 heteroatoms. The van der Waals surface area contributed by atoms with Crippen molar-refractivity contribution in [2.24, 2.45) is 5.41 Å². The molecule has 0 unspecified atom stereocenters. The number of hydrogen-bond acceptors (Lipinski definition) is 3. The molecular weight excluding hydrogens is 335 g/mol. The highest BCUT2D eigenvalue weighted by atomic mass is 19.4. The van der Waals surface area contributed by atoms with E-state index in [4.69, 9.17) is 4.74 Å². The van der Waals surface area contributed by atoms with Crippen molar-refractivity contribution in [3.8, 4) is 0 Å². The van der Waals surface area contributed by atoms with Gasteiger partial charge in [-0.3, -0.25) is 9.69 Å². The van der Waals surface area contributed by atoms with Crippen LogP contribution < -0.4 is 0 Å². The molecule has 0 aromatic heterocycles. The molecule has 1 saturated heterocycles. The van der Waals surface area contributed by atoms with E-state index in [1.165, 1.54) is 6.07 Å². The molecule has 1 atom stereocenters. The van der Waals surface area contributed by atoms with Gasteiger partial charge in [-0.1, -0.05) is 18.2 Å². The Balaban J connectivity index is 2.08. The Morgan fingerprint density at radius 1 is 1.40 bits per heavy atom. The molecule has 2 rings (SSSR count). The fourth-order valence-electron chi connectivity index (χ4n) is 3.51. The van der Waals surface area contributed by atoms with Gasteiger partial charge in [0.1, 0.15) is 0 Å². The van der Waals surface area contributed by atoms with E-state index in [0.29, 0.717) is 51.1 Å². The lowest BCUT2D eigenvalue weighted by molar-refractivity contribution is -0.153. The number of halogens is 3. The van der Waals surface area contributed by atoms with E-state index in [-0.39, 0.29) is 0 Å². The van der Waals surface area contributed by atoms with Gasteiger partial charge in [0, 0.05) is 26.8 Å². The maximum absolute atomic E-state index is 12.8. The van der Waals surface area contributed by atoms with Crippen LogP contribution in [-0.2, 0) is 22.3 Å². The Labute approximate surface area is 145 Å². The zero-order chi connectivity index (χ0) is 18.5. The lowest BCUT2D eigenvalue weighted by Gasteiger charge is -2.40. The lowest BCUT2D eigenvalue weighted by Crippen LogP contribution is -2.47. The van der Waals surface area contributed by atoms with Crippen molar-refractivity contribution in [2.75, 3.05) is 26.8 Å². The molecule has 140 valence electrons. The largest absolute Gasteiger partial charge is 0.481 e. The van der Waals surface area contributed by atoms with Gasteiger partial charge in [-0.05, 0) is 43.9 Å². The minimum Gasteiger partial charge on any atom is -0.481 e. The van der Waals surface area contributed by atoms with Gasteiger partial charge in [-0.2, -0.15) is 13.2 Å². The van der Waals surface area contributed by atoms with Crippen LogP contribution in [0.25, 0.3) is 0 Å². The van der Waals surface area contributed by atoms with Crippen molar-refractivity contribution < 1.29 is 27.8 Å². The molecule has 0 spiro atoms. The first kappa shape index (κ1) is 19.7. The summed E-state index contributed by atoms with van der Waals surface area (Å²) in [7, 11) is 1.58. The van der Waals surface area contributed by atoms with Crippen LogP contribution in [-0.4, -0.2) is 42.8 Å². The van der Waals surface area contributed by atoms with E-state index in [9.17, 15) is 23.1 Å². The van der Waals surface area contributed by atoms with Gasteiger partial charge in [0.15, 0.2) is 0 Å². The number of ether oxygens (including phenoxy) is 1. The first-order valence-corrected chi connectivity index (χ1v) is 8.38. The molecule has 1 aliphatic heterocycles. The third-order valence-electron chi connectivity index (χ3n) is 4.77. The number of rotatable bonds is 7. The molecule has 1 aliphatic rings. The fourth-order valence-corrected chi connectivity index (χ4v) is 3.51. The SMILES string of the molecule is COCCC[C@@]1(C(=O)O)CCCN(Cc2cccc(C(F)(F)F)c2)C1. The molecule has 1 aromatic carbocycles. The molecular formula is C18H24F3NO3. The second-order valence-electron chi connectivity index (χ2n) is 6.69. The third kappa shape index (κ3) is 5.19. The van der Waals surface area contributed by atoms with Gasteiger partial charge < -0.3 is 9.84 Å². The zero-order valence-corrected chi connectivity index (χ0v) is 14.3. The van der Waals surface area contributed by atoms with E-state index >= 15 is 0 Å². The van der Waals surface area contributed by atoms with Crippen molar-refractivity contribution in [1.82, 2.24) is 4.90 Å². The quantitative estimate of drug-likeness (QED) is 0.753. The number of piperidine rings is 1. The maximum Gasteiger partial charge on any atom is 0.416 e. The summed E-state index contributed by atoms with van der Waals surface area (Å²) >= 11 is 0. The van der Waals surface area contributed by atoms with Crippen molar-refractivity contribution in [1.29, 1.82) is 0 Å². The number of benzene rings is 1. The van der Waals surface area contributed by atoms with Crippen LogP contribution in [0.3, 0.4) is 0 Å². The summed E-state index contributed by atoms with van der Waals surface area (Å²) in [6.07, 6.45) is -1.90. The predicted octanol–water partition coefficient (Wildman–Crippen LogP) is 3.80. The molecule has 0 saturated carbocycles. The number of alkyl halides is 3. The normalized spacial score (nSPS) is 22.1. The molecule has 0 amide bonds. The van der Waals surface area contributed by atoms with Gasteiger partial charge in [0.25, 0.3) is 0 Å². The maximum atomic E-state index is 12.8. The molecule has 1 heterocycles. The monoisotopic (exact) mass is 359 g/mol. The summed E-state index contributed by atoms with van der Waals surface area (Å²) in [5, 5.41) is 9.71. The molecule has 0 radical (unpaired) electrons. The number of carboxylic acids is 1. The fraction of sp³-hybridized carbons (Fsp3) is 0.611. The summed E-state index contributed by atoms with van der Waals surface area (Å²) in [5.41, 5.74) is -0.974. The van der Waals surface area contributed by atoms with E-state index in [2.05, 4.69) is 0 Å². The van der Waals surface area contributed by atoms with Crippen LogP contribution in [0.2, 0.25) is 0 Å². The Morgan fingerprint density at radius 2 is 2.16 bits per heavy atom. The Bertz CT molecular complexity index is 591. The smallest absolute Gasteiger partial charge is 0.416 e. The highest BCUT2D eigenvalue weighted by Gasteiger charge is 2.41. The summed E-state index contributed by atoms with van der Waals surface area (Å²) in [6.45, 7) is 1.86. The first-order valence-electron chi connectivity index (χ1n) is 8.38. The number of nitrogens with zero attached hydrogens (tertiary/aromatic N) is 1. The van der Waals surface area contributed by atoms with Crippen LogP contribution in [0.1, 0.15) is 36.8 Å². The number of carbonyl (C=O) groups is 1. The van der Waals surface area contributed by atoms with Crippen LogP contribution >= 0.6 is 0 Å². The molecule has 4 nitrogen and oxygen atoms in total. The highest BCUT2D eigenvalue weighted by Crippen LogP contribution is 2.36. The summed E-state index contributed by atoms with van der Waals surface area (Å²) in [4.78, 5) is 13.8. The topological polar surface area (TPSA) is 49.8 Å². The van der Waals surface area contributed by atoms with E-state index in [0.717, 1.165) is 18.6 Å². The number of methoxy groups -OCH3 is 1. The molecule has 0 aliphatic carbocycles. The third-order valence-corrected chi connectivity index (χ3v) is 4.77. The van der Waals surface area contributed by atoms with Crippen LogP contribution in [0.15, 0.2) is 24.3 Å². The van der Waals surface area contributed by atoms with Crippen molar-refractivity contribution in [3.05, 3.63) is 35.4 Å². The Kier molecular flexibility index (Phi) is 6.46. The number of aliphatic carboxylic acids is 1.